The number of halogens is 3. The first kappa shape index (κ1) is 24.2. The van der Waals surface area contributed by atoms with Crippen molar-refractivity contribution < 1.29 is 21.6 Å². The van der Waals surface area contributed by atoms with E-state index in [1.807, 2.05) is 25.1 Å². The van der Waals surface area contributed by atoms with Crippen molar-refractivity contribution in [2.24, 2.45) is 0 Å². The maximum absolute atomic E-state index is 13.0. The molecule has 3 aromatic carbocycles. The Hall–Kier alpha value is -3.92. The number of nitrogens with one attached hydrogen (secondary N) is 2. The van der Waals surface area contributed by atoms with E-state index in [2.05, 4.69) is 20.0 Å². The van der Waals surface area contributed by atoms with E-state index in [0.29, 0.717) is 16.9 Å². The molecule has 35 heavy (non-hydrogen) atoms. The van der Waals surface area contributed by atoms with Crippen LogP contribution in [0, 0.1) is 6.92 Å². The van der Waals surface area contributed by atoms with Gasteiger partial charge in [0.25, 0.3) is 0 Å². The Bertz CT molecular complexity index is 1440. The van der Waals surface area contributed by atoms with Crippen LogP contribution >= 0.6 is 0 Å². The summed E-state index contributed by atoms with van der Waals surface area (Å²) in [7, 11) is -3.63. The van der Waals surface area contributed by atoms with Gasteiger partial charge in [0.15, 0.2) is 0 Å². The molecule has 0 amide bonds. The van der Waals surface area contributed by atoms with Gasteiger partial charge in [-0.15, -0.1) is 0 Å². The van der Waals surface area contributed by atoms with Gasteiger partial charge in [0.05, 0.1) is 5.75 Å². The van der Waals surface area contributed by atoms with Crippen molar-refractivity contribution in [1.82, 2.24) is 9.97 Å². The molecule has 0 bridgehead atoms. The van der Waals surface area contributed by atoms with E-state index in [1.165, 1.54) is 0 Å². The number of hydrogen-bond donors (Lipinski definition) is 2. The number of benzene rings is 3. The summed E-state index contributed by atoms with van der Waals surface area (Å²) in [5, 5.41) is 2.81. The Kier molecular flexibility index (Phi) is 6.74. The van der Waals surface area contributed by atoms with Crippen LogP contribution in [0.2, 0.25) is 0 Å². The molecule has 6 nitrogen and oxygen atoms in total. The maximum atomic E-state index is 13.0. The molecule has 0 unspecified atom stereocenters. The fourth-order valence-electron chi connectivity index (χ4n) is 3.50. The molecule has 1 aromatic heterocycles. The number of aryl methyl sites for hydroxylation is 1. The van der Waals surface area contributed by atoms with Gasteiger partial charge >= 0.3 is 6.18 Å². The number of alkyl halides is 3. The number of sulfonamides is 1. The Labute approximate surface area is 200 Å². The fraction of sp³-hybridized carbons (Fsp3) is 0.120. The summed E-state index contributed by atoms with van der Waals surface area (Å²) in [6.45, 7) is 1.84. The summed E-state index contributed by atoms with van der Waals surface area (Å²) >= 11 is 0. The zero-order valence-corrected chi connectivity index (χ0v) is 19.4. The van der Waals surface area contributed by atoms with Crippen molar-refractivity contribution in [2.75, 3.05) is 10.0 Å². The molecule has 0 aliphatic heterocycles. The molecule has 1 heterocycles. The fourth-order valence-corrected chi connectivity index (χ4v) is 4.69. The van der Waals surface area contributed by atoms with E-state index in [4.69, 9.17) is 0 Å². The lowest BCUT2D eigenvalue weighted by Gasteiger charge is -2.13. The molecular weight excluding hydrogens is 477 g/mol. The molecule has 10 heteroatoms. The summed E-state index contributed by atoms with van der Waals surface area (Å²) in [5.74, 6) is -0.341. The smallest absolute Gasteiger partial charge is 0.324 e. The highest BCUT2D eigenvalue weighted by atomic mass is 32.2. The van der Waals surface area contributed by atoms with Crippen molar-refractivity contribution in [3.05, 3.63) is 102 Å². The van der Waals surface area contributed by atoms with E-state index < -0.39 is 21.9 Å². The standard InChI is InChI=1S/C25H21F3N4O2S/c1-17-12-20(15-22(13-17)30-24-29-11-10-23(31-24)25(26,27)28)19-8-5-9-21(14-19)32-35(33,34)16-18-6-3-2-4-7-18/h2-15,32H,16H2,1H3,(H,29,30,31). The molecule has 0 radical (unpaired) electrons. The van der Waals surface area contributed by atoms with Crippen molar-refractivity contribution in [3.8, 4) is 11.1 Å². The predicted octanol–water partition coefficient (Wildman–Crippen LogP) is 6.16. The highest BCUT2D eigenvalue weighted by Gasteiger charge is 2.32. The number of anilines is 3. The minimum absolute atomic E-state index is 0.159. The van der Waals surface area contributed by atoms with E-state index >= 15 is 0 Å². The number of nitrogens with zero attached hydrogens (tertiary/aromatic N) is 2. The molecule has 0 saturated heterocycles. The van der Waals surface area contributed by atoms with Crippen LogP contribution in [0.4, 0.5) is 30.5 Å². The second kappa shape index (κ2) is 9.75. The lowest BCUT2D eigenvalue weighted by atomic mass is 10.0. The van der Waals surface area contributed by atoms with E-state index in [-0.39, 0.29) is 11.7 Å². The first-order valence-electron chi connectivity index (χ1n) is 10.5. The maximum Gasteiger partial charge on any atom is 0.433 e. The quantitative estimate of drug-likeness (QED) is 0.319. The highest BCUT2D eigenvalue weighted by molar-refractivity contribution is 7.91. The molecule has 0 aliphatic carbocycles. The molecule has 0 saturated carbocycles. The molecule has 0 atom stereocenters. The first-order valence-corrected chi connectivity index (χ1v) is 12.2. The van der Waals surface area contributed by atoms with Crippen LogP contribution in [0.5, 0.6) is 0 Å². The van der Waals surface area contributed by atoms with E-state index in [9.17, 15) is 21.6 Å². The van der Waals surface area contributed by atoms with Crippen LogP contribution in [0.3, 0.4) is 0 Å². The highest BCUT2D eigenvalue weighted by Crippen LogP contribution is 2.30. The summed E-state index contributed by atoms with van der Waals surface area (Å²) in [4.78, 5) is 7.41. The van der Waals surface area contributed by atoms with Gasteiger partial charge in [0.2, 0.25) is 16.0 Å². The van der Waals surface area contributed by atoms with Crippen LogP contribution < -0.4 is 10.0 Å². The van der Waals surface area contributed by atoms with Gasteiger partial charge in [-0.25, -0.2) is 18.4 Å². The molecule has 2 N–H and O–H groups in total. The third-order valence-electron chi connectivity index (χ3n) is 4.95. The second-order valence-corrected chi connectivity index (χ2v) is 9.63. The molecule has 0 spiro atoms. The minimum atomic E-state index is -4.58. The zero-order valence-electron chi connectivity index (χ0n) is 18.5. The number of aromatic nitrogens is 2. The van der Waals surface area contributed by atoms with Crippen LogP contribution in [0.25, 0.3) is 11.1 Å². The number of hydrogen-bond acceptors (Lipinski definition) is 5. The van der Waals surface area contributed by atoms with Crippen molar-refractivity contribution in [2.45, 2.75) is 18.9 Å². The third kappa shape index (κ3) is 6.57. The van der Waals surface area contributed by atoms with Crippen molar-refractivity contribution in [3.63, 3.8) is 0 Å². The molecule has 4 rings (SSSR count). The first-order chi connectivity index (χ1) is 16.6. The van der Waals surface area contributed by atoms with Crippen molar-refractivity contribution >= 4 is 27.3 Å². The van der Waals surface area contributed by atoms with Gasteiger partial charge < -0.3 is 5.32 Å². The van der Waals surface area contributed by atoms with Crippen LogP contribution in [-0.4, -0.2) is 18.4 Å². The lowest BCUT2D eigenvalue weighted by molar-refractivity contribution is -0.141. The summed E-state index contributed by atoms with van der Waals surface area (Å²) in [5.41, 5.74) is 2.82. The minimum Gasteiger partial charge on any atom is -0.324 e. The third-order valence-corrected chi connectivity index (χ3v) is 6.21. The topological polar surface area (TPSA) is 84.0 Å². The van der Waals surface area contributed by atoms with Crippen molar-refractivity contribution in [1.29, 1.82) is 0 Å². The molecule has 4 aromatic rings. The van der Waals surface area contributed by atoms with Crippen LogP contribution in [-0.2, 0) is 22.0 Å². The van der Waals surface area contributed by atoms with Gasteiger partial charge in [-0.2, -0.15) is 13.2 Å². The zero-order chi connectivity index (χ0) is 25.1. The lowest BCUT2D eigenvalue weighted by Crippen LogP contribution is -2.15. The monoisotopic (exact) mass is 498 g/mol. The Balaban J connectivity index is 1.57. The van der Waals surface area contributed by atoms with Gasteiger partial charge in [-0.3, -0.25) is 4.72 Å². The Morgan fingerprint density at radius 2 is 1.60 bits per heavy atom. The molecule has 0 fully saturated rings. The van der Waals surface area contributed by atoms with E-state index in [0.717, 1.165) is 29.0 Å². The van der Waals surface area contributed by atoms with Gasteiger partial charge in [0.1, 0.15) is 5.69 Å². The van der Waals surface area contributed by atoms with Crippen LogP contribution in [0.1, 0.15) is 16.8 Å². The van der Waals surface area contributed by atoms with Gasteiger partial charge in [-0.05, 0) is 59.5 Å². The van der Waals surface area contributed by atoms with Crippen LogP contribution in [0.15, 0.2) is 85.1 Å². The molecule has 180 valence electrons. The normalized spacial score (nSPS) is 11.8. The van der Waals surface area contributed by atoms with Gasteiger partial charge in [-0.1, -0.05) is 48.5 Å². The average Bonchev–Trinajstić information content (AvgIpc) is 2.78. The molecule has 0 aliphatic rings. The van der Waals surface area contributed by atoms with E-state index in [1.54, 1.807) is 54.6 Å². The summed E-state index contributed by atoms with van der Waals surface area (Å²) < 4.78 is 66.7. The van der Waals surface area contributed by atoms with Gasteiger partial charge in [0, 0.05) is 17.6 Å². The second-order valence-electron chi connectivity index (χ2n) is 7.90. The SMILES string of the molecule is Cc1cc(Nc2nccc(C(F)(F)F)n2)cc(-c2cccc(NS(=O)(=O)Cc3ccccc3)c2)c1. The Morgan fingerprint density at radius 1 is 0.857 bits per heavy atom. The summed E-state index contributed by atoms with van der Waals surface area (Å²) in [6.07, 6.45) is -3.54. The largest absolute Gasteiger partial charge is 0.433 e. The average molecular weight is 499 g/mol. The number of rotatable bonds is 7. The molecular formula is C25H21F3N4O2S. The Morgan fingerprint density at radius 3 is 2.34 bits per heavy atom. The summed E-state index contributed by atoms with van der Waals surface area (Å²) in [6, 6.07) is 21.9. The predicted molar refractivity (Wildman–Crippen MR) is 130 cm³/mol.